The van der Waals surface area contributed by atoms with E-state index >= 15 is 0 Å². The minimum atomic E-state index is -0.651. The number of carbonyl (C=O) groups excluding carboxylic acids is 2. The molecule has 3 rings (SSSR count). The van der Waals surface area contributed by atoms with E-state index in [2.05, 4.69) is 4.98 Å². The fourth-order valence-electron chi connectivity index (χ4n) is 2.64. The van der Waals surface area contributed by atoms with Gasteiger partial charge in [-0.2, -0.15) is 5.26 Å². The summed E-state index contributed by atoms with van der Waals surface area (Å²) in [5, 5.41) is 8.59. The monoisotopic (exact) mass is 389 g/mol. The summed E-state index contributed by atoms with van der Waals surface area (Å²) in [6.45, 7) is -0.127. The number of rotatable bonds is 7. The standard InChI is InChI=1S/C22H19N3O4/c1-25(13-7-12-23)20(26)15-28-22(27)18-11-6-5-10-17(18)21-24-14-19(29-21)16-8-3-2-4-9-16/h2-6,8-11,14H,7,13,15H2,1H3. The molecule has 0 fully saturated rings. The number of ether oxygens (including phenoxy) is 1. The first kappa shape index (κ1) is 19.8. The quantitative estimate of drug-likeness (QED) is 0.574. The second-order valence-corrected chi connectivity index (χ2v) is 6.24. The number of aromatic nitrogens is 1. The van der Waals surface area contributed by atoms with E-state index in [1.807, 2.05) is 36.4 Å². The van der Waals surface area contributed by atoms with Crippen molar-refractivity contribution in [2.45, 2.75) is 6.42 Å². The third kappa shape index (κ3) is 4.87. The first-order valence-corrected chi connectivity index (χ1v) is 8.99. The lowest BCUT2D eigenvalue weighted by Crippen LogP contribution is -2.32. The van der Waals surface area contributed by atoms with Gasteiger partial charge in [-0.1, -0.05) is 42.5 Å². The van der Waals surface area contributed by atoms with Crippen LogP contribution in [0.25, 0.3) is 22.8 Å². The van der Waals surface area contributed by atoms with E-state index in [1.165, 1.54) is 4.90 Å². The van der Waals surface area contributed by atoms with E-state index in [0.717, 1.165) is 5.56 Å². The highest BCUT2D eigenvalue weighted by Gasteiger charge is 2.19. The molecule has 29 heavy (non-hydrogen) atoms. The number of esters is 1. The fourth-order valence-corrected chi connectivity index (χ4v) is 2.64. The average Bonchev–Trinajstić information content (AvgIpc) is 3.26. The van der Waals surface area contributed by atoms with Crippen molar-refractivity contribution < 1.29 is 18.7 Å². The molecule has 7 heteroatoms. The van der Waals surface area contributed by atoms with Gasteiger partial charge in [0.05, 0.1) is 29.8 Å². The zero-order chi connectivity index (χ0) is 20.6. The molecule has 0 saturated carbocycles. The minimum Gasteiger partial charge on any atom is -0.452 e. The van der Waals surface area contributed by atoms with Crippen LogP contribution in [0.1, 0.15) is 16.8 Å². The van der Waals surface area contributed by atoms with Crippen LogP contribution >= 0.6 is 0 Å². The molecule has 0 aliphatic heterocycles. The molecule has 1 heterocycles. The number of hydrogen-bond acceptors (Lipinski definition) is 6. The zero-order valence-corrected chi connectivity index (χ0v) is 15.9. The Morgan fingerprint density at radius 3 is 2.62 bits per heavy atom. The molecule has 3 aromatic rings. The van der Waals surface area contributed by atoms with Crippen molar-refractivity contribution in [2.24, 2.45) is 0 Å². The summed E-state index contributed by atoms with van der Waals surface area (Å²) in [6.07, 6.45) is 1.81. The maximum atomic E-state index is 12.5. The summed E-state index contributed by atoms with van der Waals surface area (Å²) in [4.78, 5) is 30.2. The second-order valence-electron chi connectivity index (χ2n) is 6.24. The molecule has 146 valence electrons. The molecule has 1 aromatic heterocycles. The van der Waals surface area contributed by atoms with Crippen LogP contribution in [0.4, 0.5) is 0 Å². The average molecular weight is 389 g/mol. The molecule has 0 bridgehead atoms. The van der Waals surface area contributed by atoms with Gasteiger partial charge in [0.25, 0.3) is 5.91 Å². The summed E-state index contributed by atoms with van der Waals surface area (Å²) >= 11 is 0. The van der Waals surface area contributed by atoms with Crippen molar-refractivity contribution in [3.63, 3.8) is 0 Å². The third-order valence-electron chi connectivity index (χ3n) is 4.25. The highest BCUT2D eigenvalue weighted by molar-refractivity contribution is 5.97. The van der Waals surface area contributed by atoms with E-state index in [0.29, 0.717) is 11.3 Å². The number of likely N-dealkylation sites (N-methyl/N-ethyl adjacent to an activating group) is 1. The predicted molar refractivity (Wildman–Crippen MR) is 106 cm³/mol. The lowest BCUT2D eigenvalue weighted by Gasteiger charge is -2.15. The SMILES string of the molecule is CN(CCC#N)C(=O)COC(=O)c1ccccc1-c1ncc(-c2ccccc2)o1. The normalized spacial score (nSPS) is 10.2. The summed E-state index contributed by atoms with van der Waals surface area (Å²) < 4.78 is 11.0. The number of nitrogens with zero attached hydrogens (tertiary/aromatic N) is 3. The van der Waals surface area contributed by atoms with Gasteiger partial charge in [0.2, 0.25) is 5.89 Å². The summed E-state index contributed by atoms with van der Waals surface area (Å²) in [5.41, 5.74) is 1.60. The van der Waals surface area contributed by atoms with Gasteiger partial charge in [-0.25, -0.2) is 9.78 Å². The maximum absolute atomic E-state index is 12.5. The molecule has 2 aromatic carbocycles. The van der Waals surface area contributed by atoms with Gasteiger partial charge in [0, 0.05) is 19.2 Å². The van der Waals surface area contributed by atoms with Crippen LogP contribution in [-0.4, -0.2) is 42.0 Å². The van der Waals surface area contributed by atoms with Crippen molar-refractivity contribution >= 4 is 11.9 Å². The van der Waals surface area contributed by atoms with E-state index < -0.39 is 12.6 Å². The summed E-state index contributed by atoms with van der Waals surface area (Å²) in [5.74, 6) is -0.164. The van der Waals surface area contributed by atoms with Gasteiger partial charge >= 0.3 is 5.97 Å². The Kier molecular flexibility index (Phi) is 6.38. The number of hydrogen-bond donors (Lipinski definition) is 0. The minimum absolute atomic E-state index is 0.215. The van der Waals surface area contributed by atoms with Crippen LogP contribution in [0, 0.1) is 11.3 Å². The van der Waals surface area contributed by atoms with Crippen molar-refractivity contribution in [1.29, 1.82) is 5.26 Å². The Morgan fingerprint density at radius 1 is 1.14 bits per heavy atom. The van der Waals surface area contributed by atoms with Crippen LogP contribution < -0.4 is 0 Å². The fraction of sp³-hybridized carbons (Fsp3) is 0.182. The predicted octanol–water partition coefficient (Wildman–Crippen LogP) is 3.54. The van der Waals surface area contributed by atoms with Crippen LogP contribution in [0.3, 0.4) is 0 Å². The number of carbonyl (C=O) groups is 2. The van der Waals surface area contributed by atoms with E-state index in [9.17, 15) is 9.59 Å². The molecule has 0 radical (unpaired) electrons. The van der Waals surface area contributed by atoms with Crippen molar-refractivity contribution in [2.75, 3.05) is 20.2 Å². The van der Waals surface area contributed by atoms with Crippen molar-refractivity contribution in [3.05, 3.63) is 66.4 Å². The first-order valence-electron chi connectivity index (χ1n) is 8.99. The van der Waals surface area contributed by atoms with E-state index in [1.54, 1.807) is 37.5 Å². The molecule has 7 nitrogen and oxygen atoms in total. The van der Waals surface area contributed by atoms with Crippen molar-refractivity contribution in [1.82, 2.24) is 9.88 Å². The number of amides is 1. The first-order chi connectivity index (χ1) is 14.1. The van der Waals surface area contributed by atoms with Gasteiger partial charge in [-0.15, -0.1) is 0 Å². The van der Waals surface area contributed by atoms with Gasteiger partial charge < -0.3 is 14.1 Å². The Bertz CT molecular complexity index is 1040. The van der Waals surface area contributed by atoms with E-state index in [-0.39, 0.29) is 30.3 Å². The lowest BCUT2D eigenvalue weighted by molar-refractivity contribution is -0.133. The third-order valence-corrected chi connectivity index (χ3v) is 4.25. The van der Waals surface area contributed by atoms with Gasteiger partial charge in [-0.3, -0.25) is 4.79 Å². The highest BCUT2D eigenvalue weighted by atomic mass is 16.5. The molecule has 0 aliphatic carbocycles. The Hall–Kier alpha value is -3.92. The summed E-state index contributed by atoms with van der Waals surface area (Å²) in [6, 6.07) is 18.2. The van der Waals surface area contributed by atoms with Gasteiger partial charge in [0.1, 0.15) is 0 Å². The van der Waals surface area contributed by atoms with Crippen molar-refractivity contribution in [3.8, 4) is 28.8 Å². The Morgan fingerprint density at radius 2 is 1.86 bits per heavy atom. The smallest absolute Gasteiger partial charge is 0.339 e. The second kappa shape index (κ2) is 9.33. The molecule has 0 spiro atoms. The molecule has 0 unspecified atom stereocenters. The van der Waals surface area contributed by atoms with Gasteiger partial charge in [0.15, 0.2) is 12.4 Å². The molecule has 0 saturated heterocycles. The van der Waals surface area contributed by atoms with E-state index in [4.69, 9.17) is 14.4 Å². The Labute approximate surface area is 168 Å². The lowest BCUT2D eigenvalue weighted by atomic mass is 10.1. The molecular weight excluding hydrogens is 370 g/mol. The largest absolute Gasteiger partial charge is 0.452 e. The van der Waals surface area contributed by atoms with Crippen LogP contribution in [-0.2, 0) is 9.53 Å². The van der Waals surface area contributed by atoms with Crippen LogP contribution in [0.15, 0.2) is 65.2 Å². The number of oxazole rings is 1. The Balaban J connectivity index is 1.74. The number of nitriles is 1. The highest BCUT2D eigenvalue weighted by Crippen LogP contribution is 2.28. The maximum Gasteiger partial charge on any atom is 0.339 e. The van der Waals surface area contributed by atoms with Gasteiger partial charge in [-0.05, 0) is 12.1 Å². The van der Waals surface area contributed by atoms with Crippen LogP contribution in [0.5, 0.6) is 0 Å². The summed E-state index contributed by atoms with van der Waals surface area (Å²) in [7, 11) is 1.55. The molecule has 0 aliphatic rings. The topological polar surface area (TPSA) is 96.4 Å². The number of benzene rings is 2. The molecule has 1 amide bonds. The molecular formula is C22H19N3O4. The van der Waals surface area contributed by atoms with Crippen LogP contribution in [0.2, 0.25) is 0 Å². The zero-order valence-electron chi connectivity index (χ0n) is 15.9. The molecule has 0 atom stereocenters. The molecule has 0 N–H and O–H groups in total.